The molecule has 1 fully saturated rings. The number of nitro benzene ring substituents is 1. The highest BCUT2D eigenvalue weighted by molar-refractivity contribution is 9.10. The molecule has 12 heteroatoms. The Morgan fingerprint density at radius 3 is 2.43 bits per heavy atom. The second-order valence-electron chi connectivity index (χ2n) is 5.97. The van der Waals surface area contributed by atoms with Gasteiger partial charge in [0.15, 0.2) is 0 Å². The van der Waals surface area contributed by atoms with E-state index in [9.17, 15) is 28.1 Å². The number of alkyl halides is 3. The number of thioether (sulfide) groups is 1. The number of hydrogen-bond donors (Lipinski definition) is 0. The minimum Gasteiger partial charge on any atom is -0.449 e. The van der Waals surface area contributed by atoms with Gasteiger partial charge < -0.3 is 4.74 Å². The lowest BCUT2D eigenvalue weighted by molar-refractivity contribution is -0.385. The van der Waals surface area contributed by atoms with Gasteiger partial charge in [0.25, 0.3) is 5.91 Å². The fraction of sp³-hybridized carbons (Fsp3) is 0.111. The number of amides is 1. The van der Waals surface area contributed by atoms with Gasteiger partial charge in [-0.1, -0.05) is 30.0 Å². The van der Waals surface area contributed by atoms with Crippen molar-refractivity contribution < 1.29 is 27.6 Å². The summed E-state index contributed by atoms with van der Waals surface area (Å²) in [6.07, 6.45) is -3.09. The second-order valence-corrected chi connectivity index (χ2v) is 8.50. The van der Waals surface area contributed by atoms with Crippen molar-refractivity contribution in [2.75, 3.05) is 7.05 Å². The number of nitro groups is 1. The lowest BCUT2D eigenvalue weighted by Crippen LogP contribution is -2.22. The highest BCUT2D eigenvalue weighted by Crippen LogP contribution is 2.40. The summed E-state index contributed by atoms with van der Waals surface area (Å²) in [4.78, 5) is 24.1. The van der Waals surface area contributed by atoms with Gasteiger partial charge in [-0.15, -0.1) is 0 Å². The van der Waals surface area contributed by atoms with Crippen LogP contribution in [0.15, 0.2) is 45.8 Å². The molecule has 1 saturated heterocycles. The number of carbonyl (C=O) groups is 1. The van der Waals surface area contributed by atoms with E-state index in [4.69, 9.17) is 17.0 Å². The molecule has 0 unspecified atom stereocenters. The van der Waals surface area contributed by atoms with Crippen molar-refractivity contribution in [3.05, 3.63) is 67.0 Å². The van der Waals surface area contributed by atoms with E-state index in [0.717, 1.165) is 17.8 Å². The minimum absolute atomic E-state index is 0.151. The van der Waals surface area contributed by atoms with E-state index in [1.54, 1.807) is 25.3 Å². The largest absolute Gasteiger partial charge is 0.449 e. The third-order valence-corrected chi connectivity index (χ3v) is 6.05. The maximum atomic E-state index is 12.8. The maximum Gasteiger partial charge on any atom is 0.416 e. The number of carbonyl (C=O) groups excluding carboxylic acids is 1. The number of halogens is 4. The minimum atomic E-state index is -4.72. The molecule has 0 spiro atoms. The molecular formula is C18H10BrF3N2O4S2. The summed E-state index contributed by atoms with van der Waals surface area (Å²) in [5.41, 5.74) is -1.33. The first kappa shape index (κ1) is 22.2. The molecule has 2 aromatic carbocycles. The zero-order valence-corrected chi connectivity index (χ0v) is 18.1. The van der Waals surface area contributed by atoms with E-state index in [-0.39, 0.29) is 17.4 Å². The number of nitrogens with zero attached hydrogens (tertiary/aromatic N) is 2. The Bertz CT molecular complexity index is 1110. The van der Waals surface area contributed by atoms with Gasteiger partial charge in [0.2, 0.25) is 5.75 Å². The number of thiocarbonyl (C=S) groups is 1. The Hall–Kier alpha value is -2.44. The summed E-state index contributed by atoms with van der Waals surface area (Å²) in [7, 11) is 1.57. The number of ether oxygens (including phenoxy) is 1. The first-order valence-electron chi connectivity index (χ1n) is 8.02. The molecule has 0 saturated carbocycles. The summed E-state index contributed by atoms with van der Waals surface area (Å²) in [5, 5.41) is 11.2. The molecule has 0 atom stereocenters. The molecule has 30 heavy (non-hydrogen) atoms. The summed E-state index contributed by atoms with van der Waals surface area (Å²) in [6.45, 7) is 0. The Balaban J connectivity index is 1.89. The monoisotopic (exact) mass is 518 g/mol. The normalized spacial score (nSPS) is 15.8. The molecule has 3 rings (SSSR count). The summed E-state index contributed by atoms with van der Waals surface area (Å²) in [5.74, 6) is -0.423. The predicted molar refractivity (Wildman–Crippen MR) is 113 cm³/mol. The molecule has 0 N–H and O–H groups in total. The van der Waals surface area contributed by atoms with Crippen LogP contribution in [-0.4, -0.2) is 27.1 Å². The molecule has 156 valence electrons. The standard InChI is InChI=1S/C18H10BrF3N2O4S2/c1-23-16(25)15(30-17(23)29)7-9-2-4-13(11(19)6-9)28-14-5-3-10(18(20,21)22)8-12(14)24(26)27/h2-8H,1H3/b15-7-. The lowest BCUT2D eigenvalue weighted by Gasteiger charge is -2.11. The van der Waals surface area contributed by atoms with E-state index in [2.05, 4.69) is 15.9 Å². The summed E-state index contributed by atoms with van der Waals surface area (Å²) in [6, 6.07) is 6.70. The quantitative estimate of drug-likeness (QED) is 0.214. The molecule has 1 amide bonds. The van der Waals surface area contributed by atoms with Crippen molar-refractivity contribution >= 4 is 61.9 Å². The molecule has 1 heterocycles. The van der Waals surface area contributed by atoms with E-state index in [0.29, 0.717) is 31.4 Å². The van der Waals surface area contributed by atoms with Crippen molar-refractivity contribution in [3.63, 3.8) is 0 Å². The maximum absolute atomic E-state index is 12.8. The third-order valence-electron chi connectivity index (χ3n) is 3.94. The first-order valence-corrected chi connectivity index (χ1v) is 10.0. The van der Waals surface area contributed by atoms with Gasteiger partial charge in [-0.3, -0.25) is 19.8 Å². The molecule has 6 nitrogen and oxygen atoms in total. The SMILES string of the molecule is CN1C(=O)/C(=C/c2ccc(Oc3ccc(C(F)(F)F)cc3[N+](=O)[O-])c(Br)c2)SC1=S. The number of hydrogen-bond acceptors (Lipinski definition) is 6. The molecule has 2 aromatic rings. The van der Waals surface area contributed by atoms with Crippen LogP contribution in [0.1, 0.15) is 11.1 Å². The Labute approximate surface area is 186 Å². The number of rotatable bonds is 4. The van der Waals surface area contributed by atoms with Crippen molar-refractivity contribution in [1.29, 1.82) is 0 Å². The summed E-state index contributed by atoms with van der Waals surface area (Å²) < 4.78 is 44.8. The Morgan fingerprint density at radius 1 is 1.23 bits per heavy atom. The van der Waals surface area contributed by atoms with E-state index in [1.807, 2.05) is 0 Å². The van der Waals surface area contributed by atoms with E-state index < -0.39 is 22.4 Å². The van der Waals surface area contributed by atoms with Crippen LogP contribution in [0.5, 0.6) is 11.5 Å². The summed E-state index contributed by atoms with van der Waals surface area (Å²) >= 11 is 9.49. The van der Waals surface area contributed by atoms with Crippen LogP contribution in [0.2, 0.25) is 0 Å². The van der Waals surface area contributed by atoms with Crippen LogP contribution in [0, 0.1) is 10.1 Å². The van der Waals surface area contributed by atoms with Crippen LogP contribution in [0.3, 0.4) is 0 Å². The molecule has 1 aliphatic heterocycles. The van der Waals surface area contributed by atoms with Crippen molar-refractivity contribution in [2.24, 2.45) is 0 Å². The zero-order valence-electron chi connectivity index (χ0n) is 14.9. The zero-order chi connectivity index (χ0) is 22.2. The van der Waals surface area contributed by atoms with Gasteiger partial charge in [-0.25, -0.2) is 0 Å². The van der Waals surface area contributed by atoms with Crippen molar-refractivity contribution in [1.82, 2.24) is 4.90 Å². The number of benzene rings is 2. The third kappa shape index (κ3) is 4.65. The average molecular weight is 519 g/mol. The Kier molecular flexibility index (Phi) is 6.20. The van der Waals surface area contributed by atoms with Crippen LogP contribution in [0.25, 0.3) is 6.08 Å². The van der Waals surface area contributed by atoms with Crippen molar-refractivity contribution in [2.45, 2.75) is 6.18 Å². The predicted octanol–water partition coefficient (Wildman–Crippen LogP) is 6.00. The fourth-order valence-electron chi connectivity index (χ4n) is 2.43. The fourth-order valence-corrected chi connectivity index (χ4v) is 4.08. The van der Waals surface area contributed by atoms with Crippen LogP contribution in [0.4, 0.5) is 18.9 Å². The molecule has 0 bridgehead atoms. The van der Waals surface area contributed by atoms with Gasteiger partial charge in [-0.05, 0) is 51.8 Å². The molecular weight excluding hydrogens is 509 g/mol. The molecule has 0 aliphatic carbocycles. The van der Waals surface area contributed by atoms with Crippen LogP contribution >= 0.6 is 39.9 Å². The number of likely N-dealkylation sites (N-methyl/N-ethyl adjacent to an activating group) is 1. The van der Waals surface area contributed by atoms with Gasteiger partial charge in [-0.2, -0.15) is 13.2 Å². The molecule has 0 aromatic heterocycles. The highest BCUT2D eigenvalue weighted by Gasteiger charge is 2.33. The highest BCUT2D eigenvalue weighted by atomic mass is 79.9. The smallest absolute Gasteiger partial charge is 0.416 e. The van der Waals surface area contributed by atoms with Gasteiger partial charge in [0, 0.05) is 13.1 Å². The van der Waals surface area contributed by atoms with Gasteiger partial charge in [0.1, 0.15) is 10.1 Å². The topological polar surface area (TPSA) is 72.7 Å². The molecule has 0 radical (unpaired) electrons. The van der Waals surface area contributed by atoms with E-state index in [1.165, 1.54) is 11.0 Å². The lowest BCUT2D eigenvalue weighted by atomic mass is 10.1. The van der Waals surface area contributed by atoms with Crippen LogP contribution < -0.4 is 4.74 Å². The van der Waals surface area contributed by atoms with Crippen molar-refractivity contribution in [3.8, 4) is 11.5 Å². The van der Waals surface area contributed by atoms with Gasteiger partial charge in [0.05, 0.1) is 19.9 Å². The molecule has 1 aliphatic rings. The van der Waals surface area contributed by atoms with Gasteiger partial charge >= 0.3 is 11.9 Å². The van der Waals surface area contributed by atoms with Crippen LogP contribution in [-0.2, 0) is 11.0 Å². The average Bonchev–Trinajstić information content (AvgIpc) is 2.90. The first-order chi connectivity index (χ1) is 14.0. The Morgan fingerprint density at radius 2 is 1.90 bits per heavy atom. The second kappa shape index (κ2) is 8.36. The van der Waals surface area contributed by atoms with E-state index >= 15 is 0 Å².